The summed E-state index contributed by atoms with van der Waals surface area (Å²) < 4.78 is 10.3. The maximum atomic E-state index is 13.9. The molecule has 4 N–H and O–H groups in total. The fourth-order valence-corrected chi connectivity index (χ4v) is 5.78. The van der Waals surface area contributed by atoms with Crippen LogP contribution in [0.4, 0.5) is 4.79 Å². The molecule has 242 valence electrons. The molecule has 4 atom stereocenters. The number of amides is 4. The number of ether oxygens (including phenoxy) is 2. The zero-order valence-corrected chi connectivity index (χ0v) is 25.8. The molecule has 0 unspecified atom stereocenters. The molecule has 1 saturated heterocycles. The average molecular weight is 629 g/mol. The number of esters is 1. The van der Waals surface area contributed by atoms with Crippen molar-refractivity contribution in [1.29, 1.82) is 0 Å². The number of benzene rings is 3. The second-order valence-electron chi connectivity index (χ2n) is 11.9. The van der Waals surface area contributed by atoms with Gasteiger partial charge in [0.15, 0.2) is 0 Å². The molecule has 1 saturated carbocycles. The van der Waals surface area contributed by atoms with E-state index in [1.165, 1.54) is 7.11 Å². The Morgan fingerprint density at radius 2 is 1.50 bits per heavy atom. The van der Waals surface area contributed by atoms with Crippen molar-refractivity contribution in [3.05, 3.63) is 83.9 Å². The largest absolute Gasteiger partial charge is 0.467 e. The third-order valence-electron chi connectivity index (χ3n) is 8.51. The van der Waals surface area contributed by atoms with Crippen LogP contribution >= 0.6 is 0 Å². The van der Waals surface area contributed by atoms with Crippen LogP contribution in [0.5, 0.6) is 0 Å². The van der Waals surface area contributed by atoms with Crippen molar-refractivity contribution >= 4 is 40.6 Å². The predicted octanol–water partition coefficient (Wildman–Crippen LogP) is 3.15. The van der Waals surface area contributed by atoms with Crippen LogP contribution in [0.15, 0.2) is 72.8 Å². The molecule has 0 aromatic heterocycles. The normalized spacial score (nSPS) is 17.7. The molecule has 5 rings (SSSR count). The molecule has 11 nitrogen and oxygen atoms in total. The van der Waals surface area contributed by atoms with Gasteiger partial charge in [-0.2, -0.15) is 0 Å². The van der Waals surface area contributed by atoms with Crippen LogP contribution in [0.3, 0.4) is 0 Å². The number of hydrogen-bond donors (Lipinski definition) is 4. The number of rotatable bonds is 14. The summed E-state index contributed by atoms with van der Waals surface area (Å²) in [6.45, 7) is 0.528. The van der Waals surface area contributed by atoms with E-state index in [0.717, 1.165) is 34.7 Å². The molecule has 4 amide bonds. The van der Waals surface area contributed by atoms with Gasteiger partial charge in [-0.15, -0.1) is 0 Å². The van der Waals surface area contributed by atoms with E-state index >= 15 is 0 Å². The third kappa shape index (κ3) is 8.83. The lowest BCUT2D eigenvalue weighted by molar-refractivity contribution is -0.146. The Kier molecular flexibility index (Phi) is 10.9. The van der Waals surface area contributed by atoms with Crippen molar-refractivity contribution < 1.29 is 33.4 Å². The maximum absolute atomic E-state index is 13.9. The first kappa shape index (κ1) is 32.5. The molecular weight excluding hydrogens is 588 g/mol. The van der Waals surface area contributed by atoms with Gasteiger partial charge in [0, 0.05) is 18.9 Å². The van der Waals surface area contributed by atoms with Crippen LogP contribution in [0, 0.1) is 11.8 Å². The van der Waals surface area contributed by atoms with Gasteiger partial charge >= 0.3 is 12.1 Å². The van der Waals surface area contributed by atoms with Crippen molar-refractivity contribution in [3.63, 3.8) is 0 Å². The van der Waals surface area contributed by atoms with Gasteiger partial charge in [0.1, 0.15) is 24.7 Å². The van der Waals surface area contributed by atoms with E-state index in [4.69, 9.17) is 9.47 Å². The molecule has 11 heteroatoms. The van der Waals surface area contributed by atoms with E-state index in [1.807, 2.05) is 72.8 Å². The van der Waals surface area contributed by atoms with E-state index in [9.17, 15) is 24.0 Å². The quantitative estimate of drug-likeness (QED) is 0.200. The zero-order chi connectivity index (χ0) is 32.5. The van der Waals surface area contributed by atoms with Gasteiger partial charge < -0.3 is 30.7 Å². The molecule has 0 bridgehead atoms. The van der Waals surface area contributed by atoms with Gasteiger partial charge in [-0.05, 0) is 47.1 Å². The first-order valence-electron chi connectivity index (χ1n) is 15.7. The van der Waals surface area contributed by atoms with Gasteiger partial charge in [-0.3, -0.25) is 14.4 Å². The molecule has 0 radical (unpaired) electrons. The molecule has 0 spiro atoms. The molecule has 3 aromatic carbocycles. The molecule has 2 fully saturated rings. The standard InChI is InChI=1S/C35H40N4O7/c1-45-34(43)30(20-26-16-17-36-31(26)40)38-32(41)28(18-22-14-15-22)37-33(42)29(39-35(44)46-21-23-8-3-2-4-9-23)19-25-12-7-11-24-10-5-6-13-27(24)25/h2-13,22,26,28-30H,14-21H2,1H3,(H,36,40)(H,37,42)(H,38,41)(H,39,44)/t26-,28-,29-,30-/m0/s1. The highest BCUT2D eigenvalue weighted by atomic mass is 16.5. The summed E-state index contributed by atoms with van der Waals surface area (Å²) in [5.41, 5.74) is 1.63. The summed E-state index contributed by atoms with van der Waals surface area (Å²) in [5, 5.41) is 12.9. The lowest BCUT2D eigenvalue weighted by atomic mass is 9.97. The Balaban J connectivity index is 1.32. The zero-order valence-electron chi connectivity index (χ0n) is 25.8. The van der Waals surface area contributed by atoms with E-state index < -0.39 is 47.9 Å². The molecule has 46 heavy (non-hydrogen) atoms. The fourth-order valence-electron chi connectivity index (χ4n) is 5.78. The summed E-state index contributed by atoms with van der Waals surface area (Å²) >= 11 is 0. The van der Waals surface area contributed by atoms with Crippen molar-refractivity contribution in [2.24, 2.45) is 11.8 Å². The summed E-state index contributed by atoms with van der Waals surface area (Å²) in [4.78, 5) is 65.3. The Bertz CT molecular complexity index is 1550. The highest BCUT2D eigenvalue weighted by Crippen LogP contribution is 2.33. The van der Waals surface area contributed by atoms with Crippen molar-refractivity contribution in [2.75, 3.05) is 13.7 Å². The Hall–Kier alpha value is -4.93. The molecule has 3 aromatic rings. The monoisotopic (exact) mass is 628 g/mol. The summed E-state index contributed by atoms with van der Waals surface area (Å²) in [5.74, 6) is -2.14. The average Bonchev–Trinajstić information content (AvgIpc) is 3.81. The van der Waals surface area contributed by atoms with Gasteiger partial charge in [0.05, 0.1) is 7.11 Å². The van der Waals surface area contributed by atoms with Crippen LogP contribution in [-0.2, 0) is 41.7 Å². The van der Waals surface area contributed by atoms with Crippen molar-refractivity contribution in [3.8, 4) is 0 Å². The van der Waals surface area contributed by atoms with Gasteiger partial charge in [0.25, 0.3) is 0 Å². The number of nitrogens with one attached hydrogen (secondary N) is 4. The van der Waals surface area contributed by atoms with Crippen LogP contribution in [-0.4, -0.2) is 61.6 Å². The van der Waals surface area contributed by atoms with E-state index in [-0.39, 0.29) is 31.3 Å². The maximum Gasteiger partial charge on any atom is 0.408 e. The fraction of sp³-hybridized carbons (Fsp3) is 0.400. The number of hydrogen-bond acceptors (Lipinski definition) is 7. The minimum absolute atomic E-state index is 0.0237. The molecular formula is C35H40N4O7. The molecule has 1 heterocycles. The van der Waals surface area contributed by atoms with E-state index in [2.05, 4.69) is 21.3 Å². The highest BCUT2D eigenvalue weighted by Gasteiger charge is 2.36. The van der Waals surface area contributed by atoms with E-state index in [1.54, 1.807) is 0 Å². The minimum atomic E-state index is -1.07. The molecule has 2 aliphatic rings. The first-order valence-corrected chi connectivity index (χ1v) is 15.7. The van der Waals surface area contributed by atoms with Crippen LogP contribution in [0.1, 0.15) is 43.2 Å². The number of carbonyl (C=O) groups excluding carboxylic acids is 5. The first-order chi connectivity index (χ1) is 22.3. The smallest absolute Gasteiger partial charge is 0.408 e. The van der Waals surface area contributed by atoms with E-state index in [0.29, 0.717) is 19.4 Å². The summed E-state index contributed by atoms with van der Waals surface area (Å²) in [6.07, 6.45) is 2.23. The van der Waals surface area contributed by atoms with Crippen LogP contribution in [0.2, 0.25) is 0 Å². The lowest BCUT2D eigenvalue weighted by Crippen LogP contribution is -2.56. The molecule has 1 aliphatic heterocycles. The van der Waals surface area contributed by atoms with Crippen molar-refractivity contribution in [1.82, 2.24) is 21.3 Å². The SMILES string of the molecule is COC(=O)[C@H](C[C@@H]1CCNC1=O)NC(=O)[C@H](CC1CC1)NC(=O)[C@H](Cc1cccc2ccccc12)NC(=O)OCc1ccccc1. The Labute approximate surface area is 267 Å². The number of methoxy groups -OCH3 is 1. The number of alkyl carbamates (subject to hydrolysis) is 1. The highest BCUT2D eigenvalue weighted by molar-refractivity contribution is 5.94. The third-order valence-corrected chi connectivity index (χ3v) is 8.51. The van der Waals surface area contributed by atoms with Crippen molar-refractivity contribution in [2.45, 2.75) is 63.3 Å². The summed E-state index contributed by atoms with van der Waals surface area (Å²) in [7, 11) is 1.22. The second kappa shape index (κ2) is 15.4. The van der Waals surface area contributed by atoms with Gasteiger partial charge in [-0.1, -0.05) is 85.6 Å². The number of carbonyl (C=O) groups is 5. The number of fused-ring (bicyclic) bond motifs is 1. The summed E-state index contributed by atoms with van der Waals surface area (Å²) in [6, 6.07) is 19.6. The topological polar surface area (TPSA) is 152 Å². The Morgan fingerprint density at radius 3 is 2.22 bits per heavy atom. The Morgan fingerprint density at radius 1 is 0.804 bits per heavy atom. The van der Waals surface area contributed by atoms with Crippen LogP contribution in [0.25, 0.3) is 10.8 Å². The predicted molar refractivity (Wildman–Crippen MR) is 170 cm³/mol. The van der Waals surface area contributed by atoms with Crippen LogP contribution < -0.4 is 21.3 Å². The lowest BCUT2D eigenvalue weighted by Gasteiger charge is -2.25. The second-order valence-corrected chi connectivity index (χ2v) is 11.9. The molecule has 1 aliphatic carbocycles. The van der Waals surface area contributed by atoms with Gasteiger partial charge in [0.2, 0.25) is 17.7 Å². The van der Waals surface area contributed by atoms with Gasteiger partial charge in [-0.25, -0.2) is 9.59 Å². The minimum Gasteiger partial charge on any atom is -0.467 e.